The van der Waals surface area contributed by atoms with Crippen molar-refractivity contribution in [3.8, 4) is 0 Å². The number of nitrogens with one attached hydrogen (secondary N) is 1. The highest BCUT2D eigenvalue weighted by Crippen LogP contribution is 2.35. The number of nitrogens with zero attached hydrogens (tertiary/aromatic N) is 2. The molecule has 2 unspecified atom stereocenters. The monoisotopic (exact) mass is 281 g/mol. The Morgan fingerprint density at radius 1 is 1.47 bits per heavy atom. The third kappa shape index (κ3) is 3.61. The maximum absolute atomic E-state index is 5.93. The molecule has 106 valence electrons. The second-order valence-electron chi connectivity index (χ2n) is 6.02. The lowest BCUT2D eigenvalue weighted by Crippen LogP contribution is -2.52. The molecule has 1 aromatic rings. The highest BCUT2D eigenvalue weighted by molar-refractivity contribution is 6.29. The standard InChI is InChI=1S/C15H24ClN3/c1-12-6-5-9-15(10-12,19(2)3)11-17-14-8-4-7-13(16)18-14/h4,7-8,12H,5-6,9-11H2,1-3H3,(H,17,18). The van der Waals surface area contributed by atoms with Crippen molar-refractivity contribution in [2.75, 3.05) is 26.0 Å². The van der Waals surface area contributed by atoms with Crippen LogP contribution in [0.3, 0.4) is 0 Å². The molecule has 19 heavy (non-hydrogen) atoms. The molecule has 1 fully saturated rings. The Kier molecular flexibility index (Phi) is 4.69. The van der Waals surface area contributed by atoms with Crippen molar-refractivity contribution in [1.29, 1.82) is 0 Å². The molecule has 1 aromatic heterocycles. The van der Waals surface area contributed by atoms with Crippen LogP contribution in [-0.2, 0) is 0 Å². The molecule has 4 heteroatoms. The summed E-state index contributed by atoms with van der Waals surface area (Å²) in [5.41, 5.74) is 0.238. The van der Waals surface area contributed by atoms with E-state index in [9.17, 15) is 0 Å². The zero-order valence-electron chi connectivity index (χ0n) is 12.1. The van der Waals surface area contributed by atoms with Gasteiger partial charge in [-0.05, 0) is 45.0 Å². The molecular formula is C15H24ClN3. The number of pyridine rings is 1. The predicted molar refractivity (Wildman–Crippen MR) is 81.8 cm³/mol. The van der Waals surface area contributed by atoms with Gasteiger partial charge in [0.25, 0.3) is 0 Å². The van der Waals surface area contributed by atoms with Crippen LogP contribution in [0, 0.1) is 5.92 Å². The molecule has 1 saturated carbocycles. The maximum atomic E-state index is 5.93. The normalized spacial score (nSPS) is 27.5. The van der Waals surface area contributed by atoms with Gasteiger partial charge in [0.1, 0.15) is 11.0 Å². The highest BCUT2D eigenvalue weighted by atomic mass is 35.5. The van der Waals surface area contributed by atoms with Gasteiger partial charge < -0.3 is 10.2 Å². The molecule has 2 rings (SSSR count). The first-order valence-corrected chi connectivity index (χ1v) is 7.43. The van der Waals surface area contributed by atoms with Gasteiger partial charge in [-0.2, -0.15) is 0 Å². The van der Waals surface area contributed by atoms with Crippen LogP contribution in [0.4, 0.5) is 5.82 Å². The van der Waals surface area contributed by atoms with Gasteiger partial charge in [0, 0.05) is 12.1 Å². The van der Waals surface area contributed by atoms with E-state index in [1.807, 2.05) is 12.1 Å². The third-order valence-electron chi connectivity index (χ3n) is 4.33. The van der Waals surface area contributed by atoms with E-state index in [1.54, 1.807) is 6.07 Å². The number of rotatable bonds is 4. The topological polar surface area (TPSA) is 28.2 Å². The minimum Gasteiger partial charge on any atom is -0.368 e. The number of anilines is 1. The van der Waals surface area contributed by atoms with Crippen LogP contribution in [0.15, 0.2) is 18.2 Å². The molecule has 0 amide bonds. The van der Waals surface area contributed by atoms with Crippen molar-refractivity contribution in [3.05, 3.63) is 23.4 Å². The Balaban J connectivity index is 2.05. The van der Waals surface area contributed by atoms with Crippen LogP contribution in [0.2, 0.25) is 5.15 Å². The van der Waals surface area contributed by atoms with Gasteiger partial charge >= 0.3 is 0 Å². The molecule has 0 aliphatic heterocycles. The summed E-state index contributed by atoms with van der Waals surface area (Å²) in [6.45, 7) is 3.28. The molecule has 2 atom stereocenters. The summed E-state index contributed by atoms with van der Waals surface area (Å²) < 4.78 is 0. The van der Waals surface area contributed by atoms with Crippen molar-refractivity contribution >= 4 is 17.4 Å². The lowest BCUT2D eigenvalue weighted by atomic mass is 9.75. The molecule has 0 aromatic carbocycles. The fourth-order valence-electron chi connectivity index (χ4n) is 3.12. The average molecular weight is 282 g/mol. The van der Waals surface area contributed by atoms with E-state index in [4.69, 9.17) is 11.6 Å². The summed E-state index contributed by atoms with van der Waals surface area (Å²) in [5, 5.41) is 4.00. The van der Waals surface area contributed by atoms with Gasteiger partial charge in [0.15, 0.2) is 0 Å². The molecule has 0 radical (unpaired) electrons. The van der Waals surface area contributed by atoms with Crippen LogP contribution in [0.5, 0.6) is 0 Å². The van der Waals surface area contributed by atoms with Crippen molar-refractivity contribution in [3.63, 3.8) is 0 Å². The molecule has 0 bridgehead atoms. The van der Waals surface area contributed by atoms with Crippen LogP contribution in [0.25, 0.3) is 0 Å². The van der Waals surface area contributed by atoms with Gasteiger partial charge in [0.2, 0.25) is 0 Å². The van der Waals surface area contributed by atoms with Gasteiger partial charge in [-0.1, -0.05) is 37.4 Å². The van der Waals surface area contributed by atoms with E-state index in [-0.39, 0.29) is 5.54 Å². The average Bonchev–Trinajstić information content (AvgIpc) is 2.36. The largest absolute Gasteiger partial charge is 0.368 e. The van der Waals surface area contributed by atoms with Crippen molar-refractivity contribution in [2.45, 2.75) is 38.1 Å². The molecule has 3 nitrogen and oxygen atoms in total. The lowest BCUT2D eigenvalue weighted by Gasteiger charge is -2.45. The fraction of sp³-hybridized carbons (Fsp3) is 0.667. The Hall–Kier alpha value is -0.800. The first-order chi connectivity index (χ1) is 9.02. The van der Waals surface area contributed by atoms with Crippen LogP contribution in [-0.4, -0.2) is 36.1 Å². The Bertz CT molecular complexity index is 422. The summed E-state index contributed by atoms with van der Waals surface area (Å²) in [7, 11) is 4.37. The smallest absolute Gasteiger partial charge is 0.131 e. The SMILES string of the molecule is CC1CCCC(CNc2cccc(Cl)n2)(N(C)C)C1. The summed E-state index contributed by atoms with van der Waals surface area (Å²) in [5.74, 6) is 1.66. The lowest BCUT2D eigenvalue weighted by molar-refractivity contribution is 0.0881. The number of likely N-dealkylation sites (N-methyl/N-ethyl adjacent to an activating group) is 1. The van der Waals surface area contributed by atoms with E-state index in [2.05, 4.69) is 36.2 Å². The van der Waals surface area contributed by atoms with Crippen LogP contribution >= 0.6 is 11.6 Å². The molecule has 1 N–H and O–H groups in total. The number of hydrogen-bond donors (Lipinski definition) is 1. The molecule has 1 heterocycles. The van der Waals surface area contributed by atoms with E-state index in [0.717, 1.165) is 18.3 Å². The summed E-state index contributed by atoms with van der Waals surface area (Å²) >= 11 is 5.93. The predicted octanol–water partition coefficient (Wildman–Crippen LogP) is 3.66. The summed E-state index contributed by atoms with van der Waals surface area (Å²) in [4.78, 5) is 6.68. The quantitative estimate of drug-likeness (QED) is 0.854. The van der Waals surface area contributed by atoms with Crippen molar-refractivity contribution in [1.82, 2.24) is 9.88 Å². The van der Waals surface area contributed by atoms with E-state index >= 15 is 0 Å². The van der Waals surface area contributed by atoms with Crippen LogP contribution < -0.4 is 5.32 Å². The second kappa shape index (κ2) is 6.10. The first kappa shape index (κ1) is 14.6. The van der Waals surface area contributed by atoms with E-state index in [1.165, 1.54) is 25.7 Å². The zero-order valence-corrected chi connectivity index (χ0v) is 12.9. The van der Waals surface area contributed by atoms with Crippen molar-refractivity contribution < 1.29 is 0 Å². The zero-order chi connectivity index (χ0) is 13.9. The van der Waals surface area contributed by atoms with E-state index in [0.29, 0.717) is 5.15 Å². The molecule has 0 saturated heterocycles. The third-order valence-corrected chi connectivity index (χ3v) is 4.54. The molecular weight excluding hydrogens is 258 g/mol. The minimum absolute atomic E-state index is 0.238. The Morgan fingerprint density at radius 3 is 2.89 bits per heavy atom. The minimum atomic E-state index is 0.238. The molecule has 0 spiro atoms. The van der Waals surface area contributed by atoms with Gasteiger partial charge in [-0.15, -0.1) is 0 Å². The maximum Gasteiger partial charge on any atom is 0.131 e. The second-order valence-corrected chi connectivity index (χ2v) is 6.41. The van der Waals surface area contributed by atoms with Gasteiger partial charge in [-0.25, -0.2) is 4.98 Å². The van der Waals surface area contributed by atoms with Crippen molar-refractivity contribution in [2.24, 2.45) is 5.92 Å². The van der Waals surface area contributed by atoms with Gasteiger partial charge in [0.05, 0.1) is 0 Å². The first-order valence-electron chi connectivity index (χ1n) is 7.06. The molecule has 1 aliphatic carbocycles. The number of halogens is 1. The highest BCUT2D eigenvalue weighted by Gasteiger charge is 2.36. The summed E-state index contributed by atoms with van der Waals surface area (Å²) in [6.07, 6.45) is 5.15. The van der Waals surface area contributed by atoms with Crippen LogP contribution in [0.1, 0.15) is 32.6 Å². The summed E-state index contributed by atoms with van der Waals surface area (Å²) in [6, 6.07) is 5.71. The Labute approximate surface area is 121 Å². The molecule has 1 aliphatic rings. The fourth-order valence-corrected chi connectivity index (χ4v) is 3.28. The Morgan fingerprint density at radius 2 is 2.26 bits per heavy atom. The van der Waals surface area contributed by atoms with E-state index < -0.39 is 0 Å². The number of hydrogen-bond acceptors (Lipinski definition) is 3. The number of aromatic nitrogens is 1. The van der Waals surface area contributed by atoms with Gasteiger partial charge in [-0.3, -0.25) is 0 Å².